The van der Waals surface area contributed by atoms with Gasteiger partial charge in [0.05, 0.1) is 5.56 Å². The Morgan fingerprint density at radius 3 is 2.24 bits per heavy atom. The summed E-state index contributed by atoms with van der Waals surface area (Å²) < 4.78 is 0. The van der Waals surface area contributed by atoms with Crippen molar-refractivity contribution in [2.75, 3.05) is 10.6 Å². The average molecular weight is 332 g/mol. The fourth-order valence-corrected chi connectivity index (χ4v) is 2.47. The van der Waals surface area contributed by atoms with E-state index in [4.69, 9.17) is 0 Å². The molecule has 5 heteroatoms. The molecule has 0 atom stereocenters. The number of para-hydroxylation sites is 2. The Hall–Kier alpha value is -3.21. The van der Waals surface area contributed by atoms with E-state index in [1.54, 1.807) is 0 Å². The molecule has 0 saturated heterocycles. The van der Waals surface area contributed by atoms with E-state index in [1.807, 2.05) is 48.5 Å². The largest absolute Gasteiger partial charge is 0.324 e. The second kappa shape index (κ2) is 7.57. The van der Waals surface area contributed by atoms with Crippen molar-refractivity contribution in [3.63, 3.8) is 0 Å². The molecule has 0 aliphatic rings. The van der Waals surface area contributed by atoms with E-state index in [0.717, 1.165) is 11.4 Å². The molecule has 1 amide bonds. The number of nitrogens with zero attached hydrogens (tertiary/aromatic N) is 2. The van der Waals surface area contributed by atoms with Gasteiger partial charge >= 0.3 is 0 Å². The summed E-state index contributed by atoms with van der Waals surface area (Å²) in [6.07, 6.45) is 3.04. The number of carbonyl (C=O) groups is 1. The number of rotatable bonds is 5. The van der Waals surface area contributed by atoms with E-state index >= 15 is 0 Å². The molecule has 0 aliphatic carbocycles. The van der Waals surface area contributed by atoms with Crippen LogP contribution in [0.3, 0.4) is 0 Å². The van der Waals surface area contributed by atoms with E-state index in [1.165, 1.54) is 18.0 Å². The molecular weight excluding hydrogens is 312 g/mol. The number of hydrogen-bond donors (Lipinski definition) is 2. The van der Waals surface area contributed by atoms with Crippen molar-refractivity contribution >= 4 is 23.2 Å². The lowest BCUT2D eigenvalue weighted by Crippen LogP contribution is -2.13. The average Bonchev–Trinajstić information content (AvgIpc) is 2.63. The molecule has 0 saturated carbocycles. The van der Waals surface area contributed by atoms with Crippen molar-refractivity contribution in [2.45, 2.75) is 19.8 Å². The Balaban J connectivity index is 1.71. The molecule has 126 valence electrons. The topological polar surface area (TPSA) is 66.9 Å². The predicted octanol–water partition coefficient (Wildman–Crippen LogP) is 4.60. The highest BCUT2D eigenvalue weighted by Crippen LogP contribution is 2.25. The summed E-state index contributed by atoms with van der Waals surface area (Å²) in [4.78, 5) is 20.7. The fraction of sp³-hybridized carbons (Fsp3) is 0.150. The van der Waals surface area contributed by atoms with Crippen molar-refractivity contribution in [1.29, 1.82) is 0 Å². The first-order valence-corrected chi connectivity index (χ1v) is 8.18. The second-order valence-electron chi connectivity index (χ2n) is 5.98. The molecule has 0 spiro atoms. The first kappa shape index (κ1) is 16.6. The number of hydrogen-bond acceptors (Lipinski definition) is 4. The van der Waals surface area contributed by atoms with Gasteiger partial charge in [-0.25, -0.2) is 9.97 Å². The molecule has 0 bridgehead atoms. The third-order valence-corrected chi connectivity index (χ3v) is 3.77. The molecule has 3 rings (SSSR count). The standard InChI is InChI=1S/C20H20N4O/c1-14(2)17-10-6-7-11-18(17)24-20-21-12-15(13-22-20)19(25)23-16-8-4-3-5-9-16/h3-14H,1-2H3,(H,23,25)(H,21,22,24). The normalized spacial score (nSPS) is 10.5. The predicted molar refractivity (Wildman–Crippen MR) is 100 cm³/mol. The lowest BCUT2D eigenvalue weighted by molar-refractivity contribution is 0.102. The zero-order valence-electron chi connectivity index (χ0n) is 14.2. The van der Waals surface area contributed by atoms with Crippen LogP contribution in [0, 0.1) is 0 Å². The highest BCUT2D eigenvalue weighted by Gasteiger charge is 2.10. The summed E-state index contributed by atoms with van der Waals surface area (Å²) in [6, 6.07) is 17.3. The molecule has 25 heavy (non-hydrogen) atoms. The van der Waals surface area contributed by atoms with Gasteiger partial charge in [0.15, 0.2) is 0 Å². The zero-order chi connectivity index (χ0) is 17.6. The van der Waals surface area contributed by atoms with Crippen LogP contribution in [0.4, 0.5) is 17.3 Å². The van der Waals surface area contributed by atoms with Crippen LogP contribution >= 0.6 is 0 Å². The third-order valence-electron chi connectivity index (χ3n) is 3.77. The highest BCUT2D eigenvalue weighted by atomic mass is 16.1. The Bertz CT molecular complexity index is 845. The minimum atomic E-state index is -0.236. The van der Waals surface area contributed by atoms with Crippen molar-refractivity contribution in [3.8, 4) is 0 Å². The Kier molecular flexibility index (Phi) is 5.04. The van der Waals surface area contributed by atoms with Crippen LogP contribution in [0.15, 0.2) is 67.0 Å². The fourth-order valence-electron chi connectivity index (χ4n) is 2.47. The van der Waals surface area contributed by atoms with Crippen molar-refractivity contribution in [1.82, 2.24) is 9.97 Å². The smallest absolute Gasteiger partial charge is 0.258 e. The van der Waals surface area contributed by atoms with E-state index in [0.29, 0.717) is 17.4 Å². The summed E-state index contributed by atoms with van der Waals surface area (Å²) in [7, 11) is 0. The van der Waals surface area contributed by atoms with Crippen LogP contribution in [0.2, 0.25) is 0 Å². The molecule has 0 aliphatic heterocycles. The Morgan fingerprint density at radius 1 is 0.920 bits per heavy atom. The number of carbonyl (C=O) groups excluding carboxylic acids is 1. The van der Waals surface area contributed by atoms with Crippen molar-refractivity contribution in [2.24, 2.45) is 0 Å². The summed E-state index contributed by atoms with van der Waals surface area (Å²) in [5, 5.41) is 6.03. The van der Waals surface area contributed by atoms with Gasteiger partial charge in [0.1, 0.15) is 0 Å². The first-order valence-electron chi connectivity index (χ1n) is 8.18. The third kappa shape index (κ3) is 4.20. The van der Waals surface area contributed by atoms with Crippen molar-refractivity contribution < 1.29 is 4.79 Å². The molecule has 0 radical (unpaired) electrons. The van der Waals surface area contributed by atoms with Crippen LogP contribution in [-0.2, 0) is 0 Å². The van der Waals surface area contributed by atoms with Gasteiger partial charge in [0.25, 0.3) is 5.91 Å². The van der Waals surface area contributed by atoms with Gasteiger partial charge in [-0.05, 0) is 29.7 Å². The lowest BCUT2D eigenvalue weighted by atomic mass is 10.0. The Labute approximate surface area is 147 Å². The number of benzene rings is 2. The summed E-state index contributed by atoms with van der Waals surface area (Å²) in [5.41, 5.74) is 3.31. The molecule has 5 nitrogen and oxygen atoms in total. The maximum atomic E-state index is 12.2. The van der Waals surface area contributed by atoms with E-state index in [9.17, 15) is 4.79 Å². The van der Waals surface area contributed by atoms with Gasteiger partial charge in [-0.3, -0.25) is 4.79 Å². The van der Waals surface area contributed by atoms with Crippen LogP contribution in [0.5, 0.6) is 0 Å². The molecular formula is C20H20N4O. The van der Waals surface area contributed by atoms with Gasteiger partial charge in [-0.2, -0.15) is 0 Å². The monoisotopic (exact) mass is 332 g/mol. The van der Waals surface area contributed by atoms with Gasteiger partial charge < -0.3 is 10.6 Å². The maximum Gasteiger partial charge on any atom is 0.258 e. The Morgan fingerprint density at radius 2 is 1.56 bits per heavy atom. The van der Waals surface area contributed by atoms with Crippen LogP contribution in [0.25, 0.3) is 0 Å². The summed E-state index contributed by atoms with van der Waals surface area (Å²) in [5.74, 6) is 0.615. The number of nitrogens with one attached hydrogen (secondary N) is 2. The second-order valence-corrected chi connectivity index (χ2v) is 5.98. The van der Waals surface area contributed by atoms with Gasteiger partial charge in [0.2, 0.25) is 5.95 Å². The minimum absolute atomic E-state index is 0.236. The van der Waals surface area contributed by atoms with Gasteiger partial charge in [-0.1, -0.05) is 50.2 Å². The summed E-state index contributed by atoms with van der Waals surface area (Å²) in [6.45, 7) is 4.27. The molecule has 1 aromatic heterocycles. The molecule has 1 heterocycles. The van der Waals surface area contributed by atoms with Crippen LogP contribution in [0.1, 0.15) is 35.7 Å². The van der Waals surface area contributed by atoms with E-state index < -0.39 is 0 Å². The SMILES string of the molecule is CC(C)c1ccccc1Nc1ncc(C(=O)Nc2ccccc2)cn1. The zero-order valence-corrected chi connectivity index (χ0v) is 14.2. The van der Waals surface area contributed by atoms with Gasteiger partial charge in [0, 0.05) is 23.8 Å². The molecule has 2 N–H and O–H groups in total. The van der Waals surface area contributed by atoms with Crippen LogP contribution < -0.4 is 10.6 Å². The highest BCUT2D eigenvalue weighted by molar-refractivity contribution is 6.03. The first-order chi connectivity index (χ1) is 12.1. The lowest BCUT2D eigenvalue weighted by Gasteiger charge is -2.13. The maximum absolute atomic E-state index is 12.2. The number of amides is 1. The summed E-state index contributed by atoms with van der Waals surface area (Å²) >= 11 is 0. The van der Waals surface area contributed by atoms with E-state index in [2.05, 4.69) is 40.5 Å². The van der Waals surface area contributed by atoms with Crippen LogP contribution in [-0.4, -0.2) is 15.9 Å². The van der Waals surface area contributed by atoms with Crippen molar-refractivity contribution in [3.05, 3.63) is 78.1 Å². The molecule has 0 unspecified atom stereocenters. The molecule has 0 fully saturated rings. The molecule has 2 aromatic carbocycles. The van der Waals surface area contributed by atoms with E-state index in [-0.39, 0.29) is 5.91 Å². The number of aromatic nitrogens is 2. The number of anilines is 3. The minimum Gasteiger partial charge on any atom is -0.324 e. The quantitative estimate of drug-likeness (QED) is 0.717. The van der Waals surface area contributed by atoms with Gasteiger partial charge in [-0.15, -0.1) is 0 Å². The molecule has 3 aromatic rings.